The molecule has 1 fully saturated rings. The van der Waals surface area contributed by atoms with E-state index in [1.165, 1.54) is 5.56 Å². The van der Waals surface area contributed by atoms with E-state index in [1.807, 2.05) is 24.0 Å². The van der Waals surface area contributed by atoms with Gasteiger partial charge in [-0.3, -0.25) is 4.68 Å². The first-order valence-corrected chi connectivity index (χ1v) is 12.6. The second kappa shape index (κ2) is 7.11. The highest BCUT2D eigenvalue weighted by atomic mass is 32.2. The van der Waals surface area contributed by atoms with Gasteiger partial charge in [-0.15, -0.1) is 0 Å². The number of aromatic nitrogens is 4. The summed E-state index contributed by atoms with van der Waals surface area (Å²) >= 11 is 0. The van der Waals surface area contributed by atoms with Crippen molar-refractivity contribution in [3.8, 4) is 0 Å². The number of hydrogen-bond donors (Lipinski definition) is 1. The van der Waals surface area contributed by atoms with Gasteiger partial charge in [0.15, 0.2) is 9.84 Å². The molecule has 1 N–H and O–H groups in total. The van der Waals surface area contributed by atoms with Gasteiger partial charge >= 0.3 is 0 Å². The number of benzene rings is 1. The molecule has 2 aliphatic heterocycles. The molecule has 1 saturated heterocycles. The van der Waals surface area contributed by atoms with Crippen molar-refractivity contribution in [1.29, 1.82) is 0 Å². The minimum Gasteiger partial charge on any atom is -0.382 e. The van der Waals surface area contributed by atoms with Crippen molar-refractivity contribution in [2.75, 3.05) is 16.8 Å². The Hall–Kier alpha value is -2.35. The molecule has 3 atom stereocenters. The van der Waals surface area contributed by atoms with Gasteiger partial charge in [0.2, 0.25) is 0 Å². The molecular weight excluding hydrogens is 398 g/mol. The summed E-state index contributed by atoms with van der Waals surface area (Å²) in [6, 6.07) is 4.66. The van der Waals surface area contributed by atoms with Gasteiger partial charge in [0.1, 0.15) is 5.82 Å². The number of nitrogens with zero attached hydrogens (tertiary/aromatic N) is 4. The number of aryl methyl sites for hydroxylation is 2. The molecule has 0 saturated carbocycles. The molecule has 2 aliphatic rings. The lowest BCUT2D eigenvalue weighted by molar-refractivity contribution is 0.474. The first-order chi connectivity index (χ1) is 14.3. The largest absolute Gasteiger partial charge is 0.382 e. The minimum absolute atomic E-state index is 0.0506. The average molecular weight is 428 g/mol. The lowest BCUT2D eigenvalue weighted by atomic mass is 9.97. The fraction of sp³-hybridized carbons (Fsp3) is 0.545. The summed E-state index contributed by atoms with van der Waals surface area (Å²) in [4.78, 5) is 5.13. The molecule has 2 unspecified atom stereocenters. The lowest BCUT2D eigenvalue weighted by Crippen LogP contribution is -2.22. The molecule has 160 valence electrons. The molecular formula is C22H29N5O2S. The average Bonchev–Trinajstić information content (AvgIpc) is 3.37. The van der Waals surface area contributed by atoms with E-state index in [2.05, 4.69) is 41.0 Å². The number of nitrogens with one attached hydrogen (secondary N) is 1. The first kappa shape index (κ1) is 19.6. The van der Waals surface area contributed by atoms with Crippen molar-refractivity contribution < 1.29 is 8.42 Å². The zero-order valence-corrected chi connectivity index (χ0v) is 18.6. The monoisotopic (exact) mass is 427 g/mol. The van der Waals surface area contributed by atoms with E-state index in [1.54, 1.807) is 0 Å². The quantitative estimate of drug-likeness (QED) is 0.690. The zero-order valence-electron chi connectivity index (χ0n) is 17.8. The SMILES string of the molecule is Cc1cnn(CC(C)c2nc3c4c(ccc3n2C2CCS(=O)(=O)C2)N[C@@H](C)CC4)c1. The maximum Gasteiger partial charge on any atom is 0.152 e. The first-order valence-electron chi connectivity index (χ1n) is 10.8. The predicted octanol–water partition coefficient (Wildman–Crippen LogP) is 3.45. The van der Waals surface area contributed by atoms with Crippen LogP contribution in [0.15, 0.2) is 24.5 Å². The molecule has 4 heterocycles. The van der Waals surface area contributed by atoms with Crippen LogP contribution in [-0.2, 0) is 22.8 Å². The molecule has 8 heteroatoms. The number of rotatable bonds is 4. The van der Waals surface area contributed by atoms with Crippen molar-refractivity contribution in [3.63, 3.8) is 0 Å². The standard InChI is InChI=1S/C22H29N5O2S/c1-14-10-23-26(11-14)12-15(2)22-25-21-18-5-4-16(3)24-19(18)6-7-20(21)27(22)17-8-9-30(28,29)13-17/h6-7,10-11,15-17,24H,4-5,8-9,12-13H2,1-3H3/t15?,16-,17?/m0/s1. The molecule has 5 rings (SSSR count). The number of anilines is 1. The molecule has 1 aromatic carbocycles. The van der Waals surface area contributed by atoms with Gasteiger partial charge in [-0.05, 0) is 50.8 Å². The maximum absolute atomic E-state index is 12.3. The molecule has 7 nitrogen and oxygen atoms in total. The van der Waals surface area contributed by atoms with Crippen LogP contribution in [0, 0.1) is 6.92 Å². The summed E-state index contributed by atoms with van der Waals surface area (Å²) in [5.74, 6) is 1.54. The van der Waals surface area contributed by atoms with E-state index in [4.69, 9.17) is 4.98 Å². The van der Waals surface area contributed by atoms with Gasteiger partial charge in [-0.1, -0.05) is 6.92 Å². The highest BCUT2D eigenvalue weighted by molar-refractivity contribution is 7.91. The maximum atomic E-state index is 12.3. The normalized spacial score (nSPS) is 24.0. The Morgan fingerprint density at radius 1 is 1.30 bits per heavy atom. The summed E-state index contributed by atoms with van der Waals surface area (Å²) in [7, 11) is -2.99. The van der Waals surface area contributed by atoms with Crippen LogP contribution in [0.2, 0.25) is 0 Å². The molecule has 0 amide bonds. The summed E-state index contributed by atoms with van der Waals surface area (Å²) < 4.78 is 28.7. The van der Waals surface area contributed by atoms with Gasteiger partial charge in [0.05, 0.1) is 41.3 Å². The highest BCUT2D eigenvalue weighted by Gasteiger charge is 2.33. The molecule has 0 aliphatic carbocycles. The fourth-order valence-corrected chi connectivity index (χ4v) is 6.66. The van der Waals surface area contributed by atoms with Gasteiger partial charge in [0, 0.05) is 29.4 Å². The zero-order chi connectivity index (χ0) is 21.0. The highest BCUT2D eigenvalue weighted by Crippen LogP contribution is 2.37. The predicted molar refractivity (Wildman–Crippen MR) is 119 cm³/mol. The van der Waals surface area contributed by atoms with E-state index < -0.39 is 9.84 Å². The third-order valence-electron chi connectivity index (χ3n) is 6.46. The Bertz CT molecular complexity index is 1210. The lowest BCUT2D eigenvalue weighted by Gasteiger charge is -2.24. The van der Waals surface area contributed by atoms with Crippen molar-refractivity contribution in [2.24, 2.45) is 0 Å². The van der Waals surface area contributed by atoms with E-state index in [0.717, 1.165) is 41.0 Å². The van der Waals surface area contributed by atoms with Gasteiger partial charge in [-0.2, -0.15) is 5.10 Å². The van der Waals surface area contributed by atoms with Crippen LogP contribution in [0.5, 0.6) is 0 Å². The van der Waals surface area contributed by atoms with Gasteiger partial charge < -0.3 is 9.88 Å². The summed E-state index contributed by atoms with van der Waals surface area (Å²) in [5.41, 5.74) is 5.63. The topological polar surface area (TPSA) is 81.8 Å². The van der Waals surface area contributed by atoms with Crippen LogP contribution < -0.4 is 5.32 Å². The Labute approximate surface area is 177 Å². The van der Waals surface area contributed by atoms with E-state index in [-0.39, 0.29) is 23.5 Å². The molecule has 0 radical (unpaired) electrons. The number of hydrogen-bond acceptors (Lipinski definition) is 5. The van der Waals surface area contributed by atoms with Crippen LogP contribution in [0.3, 0.4) is 0 Å². The molecule has 0 spiro atoms. The van der Waals surface area contributed by atoms with E-state index >= 15 is 0 Å². The van der Waals surface area contributed by atoms with Crippen LogP contribution in [0.1, 0.15) is 55.6 Å². The van der Waals surface area contributed by atoms with Crippen molar-refractivity contribution >= 4 is 26.6 Å². The summed E-state index contributed by atoms with van der Waals surface area (Å²) in [5, 5.41) is 8.01. The molecule has 0 bridgehead atoms. The van der Waals surface area contributed by atoms with Crippen molar-refractivity contribution in [1.82, 2.24) is 19.3 Å². The Morgan fingerprint density at radius 2 is 2.13 bits per heavy atom. The number of sulfone groups is 1. The molecule has 30 heavy (non-hydrogen) atoms. The van der Waals surface area contributed by atoms with Crippen LogP contribution in [0.4, 0.5) is 5.69 Å². The van der Waals surface area contributed by atoms with Crippen LogP contribution in [-0.4, -0.2) is 45.3 Å². The number of fused-ring (bicyclic) bond motifs is 3. The third kappa shape index (κ3) is 3.41. The number of imidazole rings is 1. The van der Waals surface area contributed by atoms with Crippen LogP contribution in [0.25, 0.3) is 11.0 Å². The summed E-state index contributed by atoms with van der Waals surface area (Å²) in [6.07, 6.45) is 6.63. The summed E-state index contributed by atoms with van der Waals surface area (Å²) in [6.45, 7) is 7.11. The Kier molecular flexibility index (Phi) is 4.65. The van der Waals surface area contributed by atoms with Gasteiger partial charge in [-0.25, -0.2) is 13.4 Å². The smallest absolute Gasteiger partial charge is 0.152 e. The Balaban J connectivity index is 1.63. The van der Waals surface area contributed by atoms with Crippen molar-refractivity contribution in [2.45, 2.75) is 64.6 Å². The minimum atomic E-state index is -2.99. The van der Waals surface area contributed by atoms with Crippen molar-refractivity contribution in [3.05, 3.63) is 41.5 Å². The third-order valence-corrected chi connectivity index (χ3v) is 8.21. The van der Waals surface area contributed by atoms with Crippen LogP contribution >= 0.6 is 0 Å². The van der Waals surface area contributed by atoms with E-state index in [0.29, 0.717) is 19.0 Å². The molecule has 2 aromatic heterocycles. The molecule has 3 aromatic rings. The van der Waals surface area contributed by atoms with E-state index in [9.17, 15) is 8.42 Å². The fourth-order valence-electron chi connectivity index (χ4n) is 4.96. The van der Waals surface area contributed by atoms with Gasteiger partial charge in [0.25, 0.3) is 0 Å². The second-order valence-corrected chi connectivity index (χ2v) is 11.3. The Morgan fingerprint density at radius 3 is 2.83 bits per heavy atom. The second-order valence-electron chi connectivity index (χ2n) is 9.08.